The molecule has 0 aliphatic carbocycles. The van der Waals surface area contributed by atoms with E-state index >= 15 is 0 Å². The Hall–Kier alpha value is -2.14. The van der Waals surface area contributed by atoms with Gasteiger partial charge in [-0.3, -0.25) is 0 Å². The van der Waals surface area contributed by atoms with Gasteiger partial charge in [-0.2, -0.15) is 5.26 Å². The van der Waals surface area contributed by atoms with Crippen LogP contribution >= 0.6 is 0 Å². The van der Waals surface area contributed by atoms with Crippen LogP contribution in [0.3, 0.4) is 0 Å². The van der Waals surface area contributed by atoms with E-state index in [4.69, 9.17) is 14.7 Å². The Kier molecular flexibility index (Phi) is 2.69. The van der Waals surface area contributed by atoms with E-state index in [2.05, 4.69) is 9.97 Å². The molecule has 0 spiro atoms. The summed E-state index contributed by atoms with van der Waals surface area (Å²) in [5.74, 6) is 0.307. The maximum absolute atomic E-state index is 11.4. The molecule has 2 heterocycles. The number of rotatable bonds is 2. The van der Waals surface area contributed by atoms with Crippen LogP contribution in [0.2, 0.25) is 0 Å². The Morgan fingerprint density at radius 3 is 2.82 bits per heavy atom. The first-order chi connectivity index (χ1) is 8.02. The second kappa shape index (κ2) is 4.03. The van der Waals surface area contributed by atoms with Gasteiger partial charge in [0.2, 0.25) is 12.6 Å². The van der Waals surface area contributed by atoms with Crippen LogP contribution in [-0.2, 0) is 19.3 Å². The minimum Gasteiger partial charge on any atom is -0.461 e. The number of aromatic nitrogens is 2. The van der Waals surface area contributed by atoms with Crippen molar-refractivity contribution in [2.45, 2.75) is 5.03 Å². The minimum atomic E-state index is -3.59. The second-order valence-corrected chi connectivity index (χ2v) is 5.14. The molecule has 1 aromatic heterocycles. The summed E-state index contributed by atoms with van der Waals surface area (Å²) >= 11 is 0. The van der Waals surface area contributed by atoms with Gasteiger partial charge >= 0.3 is 0 Å². The fourth-order valence-corrected chi connectivity index (χ4v) is 1.95. The average Bonchev–Trinajstić information content (AvgIpc) is 2.80. The number of hydrogen-bond donors (Lipinski definition) is 0. The second-order valence-electron chi connectivity index (χ2n) is 3.21. The van der Waals surface area contributed by atoms with Gasteiger partial charge in [0.05, 0.1) is 6.20 Å². The predicted octanol–water partition coefficient (Wildman–Crippen LogP) is 0.0545. The molecule has 17 heavy (non-hydrogen) atoms. The van der Waals surface area contributed by atoms with Crippen molar-refractivity contribution in [3.05, 3.63) is 23.8 Å². The van der Waals surface area contributed by atoms with Gasteiger partial charge in [-0.1, -0.05) is 0 Å². The maximum Gasteiger partial charge on any atom is 0.230 e. The van der Waals surface area contributed by atoms with E-state index in [9.17, 15) is 8.42 Å². The SMILES string of the molecule is CS(=O)(=O)c1nc(C2=COCO2)ncc1C#N. The maximum atomic E-state index is 11.4. The third kappa shape index (κ3) is 2.19. The normalized spacial score (nSPS) is 14.5. The van der Waals surface area contributed by atoms with Crippen LogP contribution in [0.5, 0.6) is 0 Å². The highest BCUT2D eigenvalue weighted by Crippen LogP contribution is 2.19. The molecule has 1 aliphatic rings. The number of ether oxygens (including phenoxy) is 2. The summed E-state index contributed by atoms with van der Waals surface area (Å²) in [5, 5.41) is 8.45. The Bertz CT molecular complexity index is 630. The van der Waals surface area contributed by atoms with Gasteiger partial charge < -0.3 is 9.47 Å². The molecule has 8 heteroatoms. The van der Waals surface area contributed by atoms with Gasteiger partial charge in [-0.05, 0) is 0 Å². The molecule has 0 unspecified atom stereocenters. The molecule has 0 saturated carbocycles. The molecule has 0 amide bonds. The van der Waals surface area contributed by atoms with E-state index in [1.807, 2.05) is 0 Å². The van der Waals surface area contributed by atoms with Gasteiger partial charge in [0, 0.05) is 6.26 Å². The number of nitriles is 1. The largest absolute Gasteiger partial charge is 0.461 e. The van der Waals surface area contributed by atoms with Crippen LogP contribution in [0.1, 0.15) is 11.4 Å². The zero-order valence-corrected chi connectivity index (χ0v) is 9.56. The zero-order chi connectivity index (χ0) is 12.5. The smallest absolute Gasteiger partial charge is 0.230 e. The van der Waals surface area contributed by atoms with Crippen molar-refractivity contribution >= 4 is 15.6 Å². The molecule has 0 radical (unpaired) electrons. The highest BCUT2D eigenvalue weighted by atomic mass is 32.2. The van der Waals surface area contributed by atoms with E-state index in [0.29, 0.717) is 0 Å². The van der Waals surface area contributed by atoms with Crippen molar-refractivity contribution < 1.29 is 17.9 Å². The third-order valence-electron chi connectivity index (χ3n) is 1.92. The molecule has 0 saturated heterocycles. The van der Waals surface area contributed by atoms with Crippen LogP contribution in [0, 0.1) is 11.3 Å². The van der Waals surface area contributed by atoms with Crippen LogP contribution in [0.4, 0.5) is 0 Å². The topological polar surface area (TPSA) is 102 Å². The minimum absolute atomic E-state index is 0.0346. The summed E-state index contributed by atoms with van der Waals surface area (Å²) in [6.45, 7) is 0.0346. The first kappa shape index (κ1) is 11.3. The Morgan fingerprint density at radius 1 is 1.53 bits per heavy atom. The molecule has 0 atom stereocenters. The molecule has 0 N–H and O–H groups in total. The Labute approximate surface area is 97.2 Å². The zero-order valence-electron chi connectivity index (χ0n) is 8.74. The molecular formula is C9H7N3O4S. The number of nitrogens with zero attached hydrogens (tertiary/aromatic N) is 3. The van der Waals surface area contributed by atoms with Crippen molar-refractivity contribution in [3.8, 4) is 6.07 Å². The number of sulfone groups is 1. The third-order valence-corrected chi connectivity index (χ3v) is 2.93. The van der Waals surface area contributed by atoms with E-state index in [-0.39, 0.29) is 29.0 Å². The van der Waals surface area contributed by atoms with Crippen molar-refractivity contribution in [1.29, 1.82) is 5.26 Å². The van der Waals surface area contributed by atoms with Crippen LogP contribution in [-0.4, -0.2) is 31.4 Å². The Morgan fingerprint density at radius 2 is 2.29 bits per heavy atom. The molecule has 1 aromatic rings. The summed E-state index contributed by atoms with van der Waals surface area (Å²) in [6.07, 6.45) is 3.40. The van der Waals surface area contributed by atoms with Gasteiger partial charge in [0.15, 0.2) is 20.7 Å². The lowest BCUT2D eigenvalue weighted by atomic mass is 10.3. The quantitative estimate of drug-likeness (QED) is 0.686. The first-order valence-corrected chi connectivity index (χ1v) is 6.33. The highest BCUT2D eigenvalue weighted by Gasteiger charge is 2.20. The molecule has 1 aliphatic heterocycles. The summed E-state index contributed by atoms with van der Waals surface area (Å²) in [5.41, 5.74) is -0.101. The fourth-order valence-electron chi connectivity index (χ4n) is 1.20. The Balaban J connectivity index is 2.57. The lowest BCUT2D eigenvalue weighted by Crippen LogP contribution is -2.08. The highest BCUT2D eigenvalue weighted by molar-refractivity contribution is 7.90. The molecule has 2 rings (SSSR count). The lowest BCUT2D eigenvalue weighted by Gasteiger charge is -2.03. The number of hydrogen-bond acceptors (Lipinski definition) is 7. The van der Waals surface area contributed by atoms with Crippen LogP contribution < -0.4 is 0 Å². The van der Waals surface area contributed by atoms with E-state index in [1.165, 1.54) is 6.26 Å². The molecular weight excluding hydrogens is 246 g/mol. The van der Waals surface area contributed by atoms with Crippen molar-refractivity contribution in [3.63, 3.8) is 0 Å². The van der Waals surface area contributed by atoms with Crippen molar-refractivity contribution in [2.75, 3.05) is 13.0 Å². The molecule has 88 valence electrons. The summed E-state index contributed by atoms with van der Waals surface area (Å²) in [6, 6.07) is 1.72. The fraction of sp³-hybridized carbons (Fsp3) is 0.222. The van der Waals surface area contributed by atoms with Crippen LogP contribution in [0.25, 0.3) is 5.76 Å². The standard InChI is InChI=1S/C9H7N3O4S/c1-17(13,14)9-6(2-10)3-11-8(12-9)7-4-15-5-16-7/h3-4H,5H2,1H3. The van der Waals surface area contributed by atoms with Gasteiger partial charge in [-0.25, -0.2) is 18.4 Å². The average molecular weight is 253 g/mol. The van der Waals surface area contributed by atoms with E-state index < -0.39 is 9.84 Å². The van der Waals surface area contributed by atoms with E-state index in [0.717, 1.165) is 12.5 Å². The predicted molar refractivity (Wildman–Crippen MR) is 54.9 cm³/mol. The van der Waals surface area contributed by atoms with Gasteiger partial charge in [0.1, 0.15) is 17.9 Å². The van der Waals surface area contributed by atoms with Gasteiger partial charge in [0.25, 0.3) is 0 Å². The summed E-state index contributed by atoms with van der Waals surface area (Å²) < 4.78 is 32.7. The van der Waals surface area contributed by atoms with E-state index in [1.54, 1.807) is 6.07 Å². The molecule has 0 aromatic carbocycles. The molecule has 0 fully saturated rings. The first-order valence-electron chi connectivity index (χ1n) is 4.44. The molecule has 0 bridgehead atoms. The summed E-state index contributed by atoms with van der Waals surface area (Å²) in [7, 11) is -3.59. The van der Waals surface area contributed by atoms with Crippen molar-refractivity contribution in [2.24, 2.45) is 0 Å². The van der Waals surface area contributed by atoms with Crippen molar-refractivity contribution in [1.82, 2.24) is 9.97 Å². The monoisotopic (exact) mass is 253 g/mol. The van der Waals surface area contributed by atoms with Crippen LogP contribution in [0.15, 0.2) is 17.5 Å². The van der Waals surface area contributed by atoms with Gasteiger partial charge in [-0.15, -0.1) is 0 Å². The summed E-state index contributed by atoms with van der Waals surface area (Å²) in [4.78, 5) is 7.64. The molecule has 7 nitrogen and oxygen atoms in total. The lowest BCUT2D eigenvalue weighted by molar-refractivity contribution is 0.0999.